The van der Waals surface area contributed by atoms with Crippen molar-refractivity contribution in [3.05, 3.63) is 42.1 Å². The second kappa shape index (κ2) is 7.46. The molecule has 0 unspecified atom stereocenters. The first kappa shape index (κ1) is 17.1. The second-order valence-corrected chi connectivity index (χ2v) is 5.87. The van der Waals surface area contributed by atoms with Crippen LogP contribution in [0, 0.1) is 11.6 Å². The highest BCUT2D eigenvalue weighted by atomic mass is 19.1. The van der Waals surface area contributed by atoms with E-state index in [1.54, 1.807) is 4.90 Å². The van der Waals surface area contributed by atoms with Crippen molar-refractivity contribution < 1.29 is 18.3 Å². The molecule has 25 heavy (non-hydrogen) atoms. The minimum Gasteiger partial charge on any atom is -0.496 e. The summed E-state index contributed by atoms with van der Waals surface area (Å²) in [6, 6.07) is 5.01. The quantitative estimate of drug-likeness (QED) is 0.911. The van der Waals surface area contributed by atoms with Gasteiger partial charge < -0.3 is 9.64 Å². The third-order valence-electron chi connectivity index (χ3n) is 4.19. The van der Waals surface area contributed by atoms with E-state index in [0.29, 0.717) is 18.7 Å². The highest BCUT2D eigenvalue weighted by molar-refractivity contribution is 5.89. The van der Waals surface area contributed by atoms with E-state index in [1.165, 1.54) is 31.4 Å². The lowest BCUT2D eigenvalue weighted by Crippen LogP contribution is -2.38. The Labute approximate surface area is 144 Å². The molecule has 1 fully saturated rings. The van der Waals surface area contributed by atoms with Gasteiger partial charge in [0.2, 0.25) is 0 Å². The van der Waals surface area contributed by atoms with Gasteiger partial charge in [-0.25, -0.2) is 18.6 Å². The summed E-state index contributed by atoms with van der Waals surface area (Å²) in [6.07, 6.45) is 4.10. The number of carbonyl (C=O) groups is 1. The van der Waals surface area contributed by atoms with E-state index in [9.17, 15) is 13.6 Å². The van der Waals surface area contributed by atoms with Crippen LogP contribution in [-0.2, 0) is 0 Å². The van der Waals surface area contributed by atoms with Crippen LogP contribution in [-0.4, -0.2) is 36.1 Å². The fourth-order valence-electron chi connectivity index (χ4n) is 2.89. The number of benzene rings is 1. The molecule has 7 heteroatoms. The van der Waals surface area contributed by atoms with Crippen molar-refractivity contribution in [3.8, 4) is 16.9 Å². The van der Waals surface area contributed by atoms with Crippen LogP contribution in [0.15, 0.2) is 30.5 Å². The van der Waals surface area contributed by atoms with Gasteiger partial charge in [-0.15, -0.1) is 0 Å². The molecule has 0 bridgehead atoms. The lowest BCUT2D eigenvalue weighted by atomic mass is 10.0. The van der Waals surface area contributed by atoms with Gasteiger partial charge in [-0.05, 0) is 37.5 Å². The maximum atomic E-state index is 14.2. The lowest BCUT2D eigenvalue weighted by Gasteiger charge is -2.26. The minimum absolute atomic E-state index is 0.181. The molecule has 2 heterocycles. The van der Waals surface area contributed by atoms with Gasteiger partial charge in [0.05, 0.1) is 13.3 Å². The van der Waals surface area contributed by atoms with E-state index in [2.05, 4.69) is 10.3 Å². The molecule has 2 aromatic rings. The van der Waals surface area contributed by atoms with Gasteiger partial charge in [0.15, 0.2) is 0 Å². The number of pyridine rings is 1. The number of nitrogens with one attached hydrogen (secondary N) is 1. The molecule has 1 aliphatic heterocycles. The molecule has 3 rings (SSSR count). The van der Waals surface area contributed by atoms with E-state index in [4.69, 9.17) is 4.74 Å². The molecule has 1 aromatic carbocycles. The summed E-state index contributed by atoms with van der Waals surface area (Å²) in [5, 5.41) is 2.69. The topological polar surface area (TPSA) is 54.5 Å². The molecule has 1 aliphatic rings. The molecule has 1 aromatic heterocycles. The van der Waals surface area contributed by atoms with Gasteiger partial charge in [0.1, 0.15) is 23.2 Å². The number of ether oxygens (including phenoxy) is 1. The Hall–Kier alpha value is -2.70. The first-order chi connectivity index (χ1) is 12.1. The van der Waals surface area contributed by atoms with Crippen LogP contribution in [0.25, 0.3) is 11.1 Å². The number of piperidine rings is 1. The minimum atomic E-state index is -0.583. The fourth-order valence-corrected chi connectivity index (χ4v) is 2.89. The number of urea groups is 1. The lowest BCUT2D eigenvalue weighted by molar-refractivity contribution is 0.200. The Morgan fingerprint density at radius 3 is 2.64 bits per heavy atom. The van der Waals surface area contributed by atoms with Gasteiger partial charge in [-0.2, -0.15) is 0 Å². The first-order valence-electron chi connectivity index (χ1n) is 8.14. The van der Waals surface area contributed by atoms with Gasteiger partial charge in [0, 0.05) is 30.3 Å². The van der Waals surface area contributed by atoms with Gasteiger partial charge in [-0.3, -0.25) is 5.32 Å². The molecular formula is C18H19F2N3O2. The zero-order chi connectivity index (χ0) is 17.8. The molecule has 1 N–H and O–H groups in total. The summed E-state index contributed by atoms with van der Waals surface area (Å²) >= 11 is 0. The average molecular weight is 347 g/mol. The molecule has 0 atom stereocenters. The summed E-state index contributed by atoms with van der Waals surface area (Å²) in [6.45, 7) is 1.40. The molecule has 132 valence electrons. The number of rotatable bonds is 3. The number of anilines is 1. The average Bonchev–Trinajstić information content (AvgIpc) is 2.64. The van der Waals surface area contributed by atoms with E-state index in [0.717, 1.165) is 25.5 Å². The largest absolute Gasteiger partial charge is 0.496 e. The van der Waals surface area contributed by atoms with Crippen LogP contribution in [0.4, 0.5) is 19.4 Å². The maximum absolute atomic E-state index is 14.2. The summed E-state index contributed by atoms with van der Waals surface area (Å²) < 4.78 is 32.7. The van der Waals surface area contributed by atoms with E-state index in [1.807, 2.05) is 0 Å². The first-order valence-corrected chi connectivity index (χ1v) is 8.14. The number of carbonyl (C=O) groups excluding carboxylic acids is 1. The number of hydrogen-bond donors (Lipinski definition) is 1. The Morgan fingerprint density at radius 1 is 1.16 bits per heavy atom. The number of methoxy groups -OCH3 is 1. The standard InChI is InChI=1S/C18H19F2N3O2/c1-25-16-9-12(19)5-6-13(16)14-10-17(21-11-15(14)20)22-18(24)23-7-3-2-4-8-23/h5-6,9-11H,2-4,7-8H2,1H3,(H,21,22,24). The number of hydrogen-bond acceptors (Lipinski definition) is 3. The number of nitrogens with zero attached hydrogens (tertiary/aromatic N) is 2. The van der Waals surface area contributed by atoms with Gasteiger partial charge in [0.25, 0.3) is 0 Å². The van der Waals surface area contributed by atoms with Crippen molar-refractivity contribution in [2.45, 2.75) is 19.3 Å². The summed E-state index contributed by atoms with van der Waals surface area (Å²) in [7, 11) is 1.39. The smallest absolute Gasteiger partial charge is 0.323 e. The van der Waals surface area contributed by atoms with E-state index < -0.39 is 11.6 Å². The monoisotopic (exact) mass is 347 g/mol. The third kappa shape index (κ3) is 3.87. The van der Waals surface area contributed by atoms with Crippen molar-refractivity contribution in [1.82, 2.24) is 9.88 Å². The highest BCUT2D eigenvalue weighted by Gasteiger charge is 2.18. The van der Waals surface area contributed by atoms with Crippen molar-refractivity contribution in [2.75, 3.05) is 25.5 Å². The third-order valence-corrected chi connectivity index (χ3v) is 4.19. The maximum Gasteiger partial charge on any atom is 0.323 e. The van der Waals surface area contributed by atoms with Crippen LogP contribution in [0.2, 0.25) is 0 Å². The van der Waals surface area contributed by atoms with Crippen molar-refractivity contribution >= 4 is 11.8 Å². The van der Waals surface area contributed by atoms with E-state index >= 15 is 0 Å². The molecule has 0 radical (unpaired) electrons. The van der Waals surface area contributed by atoms with Gasteiger partial charge >= 0.3 is 6.03 Å². The van der Waals surface area contributed by atoms with Crippen LogP contribution in [0.5, 0.6) is 5.75 Å². The zero-order valence-electron chi connectivity index (χ0n) is 13.9. The predicted molar refractivity (Wildman–Crippen MR) is 90.6 cm³/mol. The summed E-state index contributed by atoms with van der Waals surface area (Å²) in [4.78, 5) is 17.9. The molecule has 5 nitrogen and oxygen atoms in total. The summed E-state index contributed by atoms with van der Waals surface area (Å²) in [5.74, 6) is -0.619. The summed E-state index contributed by atoms with van der Waals surface area (Å²) in [5.41, 5.74) is 0.568. The molecule has 2 amide bonds. The highest BCUT2D eigenvalue weighted by Crippen LogP contribution is 2.33. The van der Waals surface area contributed by atoms with Crippen LogP contribution < -0.4 is 10.1 Å². The molecular weight excluding hydrogens is 328 g/mol. The normalized spacial score (nSPS) is 14.3. The Kier molecular flexibility index (Phi) is 5.11. The Balaban J connectivity index is 1.87. The van der Waals surface area contributed by atoms with E-state index in [-0.39, 0.29) is 23.2 Å². The molecule has 1 saturated heterocycles. The molecule has 0 saturated carbocycles. The fraction of sp³-hybridized carbons (Fsp3) is 0.333. The Bertz CT molecular complexity index is 777. The molecule has 0 aliphatic carbocycles. The number of aromatic nitrogens is 1. The van der Waals surface area contributed by atoms with Crippen LogP contribution in [0.3, 0.4) is 0 Å². The van der Waals surface area contributed by atoms with Crippen molar-refractivity contribution in [1.29, 1.82) is 0 Å². The predicted octanol–water partition coefficient (Wildman–Crippen LogP) is 4.05. The number of amides is 2. The van der Waals surface area contributed by atoms with Crippen LogP contribution >= 0.6 is 0 Å². The van der Waals surface area contributed by atoms with Crippen molar-refractivity contribution in [2.24, 2.45) is 0 Å². The zero-order valence-corrected chi connectivity index (χ0v) is 13.9. The number of halogens is 2. The van der Waals surface area contributed by atoms with Crippen molar-refractivity contribution in [3.63, 3.8) is 0 Å². The SMILES string of the molecule is COc1cc(F)ccc1-c1cc(NC(=O)N2CCCCC2)ncc1F. The molecule has 0 spiro atoms. The Morgan fingerprint density at radius 2 is 1.92 bits per heavy atom. The van der Waals surface area contributed by atoms with Crippen LogP contribution in [0.1, 0.15) is 19.3 Å². The number of likely N-dealkylation sites (tertiary alicyclic amines) is 1. The second-order valence-electron chi connectivity index (χ2n) is 5.87. The van der Waals surface area contributed by atoms with Gasteiger partial charge in [-0.1, -0.05) is 0 Å².